The van der Waals surface area contributed by atoms with E-state index < -0.39 is 0 Å². The van der Waals surface area contributed by atoms with Gasteiger partial charge in [0.15, 0.2) is 0 Å². The molecule has 3 aromatic rings. The summed E-state index contributed by atoms with van der Waals surface area (Å²) in [7, 11) is 0. The molecule has 0 amide bonds. The number of nitriles is 1. The van der Waals surface area contributed by atoms with Crippen LogP contribution in [0, 0.1) is 11.3 Å². The molecule has 3 rings (SSSR count). The molecule has 98 valence electrons. The number of nitrogens with zero attached hydrogens (tertiary/aromatic N) is 1. The van der Waals surface area contributed by atoms with E-state index in [1.807, 2.05) is 30.3 Å². The summed E-state index contributed by atoms with van der Waals surface area (Å²) < 4.78 is 5.49. The van der Waals surface area contributed by atoms with Gasteiger partial charge in [0.25, 0.3) is 0 Å². The Bertz CT molecular complexity index is 799. The van der Waals surface area contributed by atoms with Crippen molar-refractivity contribution in [3.8, 4) is 6.07 Å². The zero-order valence-electron chi connectivity index (χ0n) is 10.8. The minimum absolute atomic E-state index is 0.557. The van der Waals surface area contributed by atoms with Gasteiger partial charge in [0.2, 0.25) is 0 Å². The number of anilines is 2. The predicted octanol–water partition coefficient (Wildman–Crippen LogP) is 3.50. The lowest BCUT2D eigenvalue weighted by molar-refractivity contribution is 0.611. The van der Waals surface area contributed by atoms with Crippen molar-refractivity contribution in [2.45, 2.75) is 6.54 Å². The molecule has 0 saturated carbocycles. The van der Waals surface area contributed by atoms with Crippen molar-refractivity contribution in [1.82, 2.24) is 0 Å². The van der Waals surface area contributed by atoms with Crippen LogP contribution in [0.1, 0.15) is 11.1 Å². The number of hydrogen-bond acceptors (Lipinski definition) is 4. The molecule has 3 N–H and O–H groups in total. The molecule has 4 nitrogen and oxygen atoms in total. The van der Waals surface area contributed by atoms with Gasteiger partial charge in [0.1, 0.15) is 5.58 Å². The lowest BCUT2D eigenvalue weighted by Gasteiger charge is -2.08. The van der Waals surface area contributed by atoms with E-state index in [0.717, 1.165) is 22.2 Å². The number of hydrogen-bond donors (Lipinski definition) is 2. The van der Waals surface area contributed by atoms with Crippen LogP contribution in [0.15, 0.2) is 53.1 Å². The molecule has 1 heterocycles. The number of nitrogens with two attached hydrogens (primary N) is 1. The Balaban J connectivity index is 1.81. The Kier molecular flexibility index (Phi) is 3.02. The summed E-state index contributed by atoms with van der Waals surface area (Å²) in [6, 6.07) is 15.2. The molecule has 0 aliphatic carbocycles. The molecule has 4 heteroatoms. The van der Waals surface area contributed by atoms with E-state index in [4.69, 9.17) is 15.4 Å². The zero-order chi connectivity index (χ0) is 13.9. The van der Waals surface area contributed by atoms with Crippen LogP contribution < -0.4 is 11.1 Å². The largest absolute Gasteiger partial charge is 0.464 e. The first-order valence-corrected chi connectivity index (χ1v) is 6.26. The molecule has 0 saturated heterocycles. The van der Waals surface area contributed by atoms with Crippen molar-refractivity contribution >= 4 is 22.3 Å². The number of nitrogen functional groups attached to an aromatic ring is 1. The third-order valence-corrected chi connectivity index (χ3v) is 3.21. The van der Waals surface area contributed by atoms with Crippen molar-refractivity contribution in [3.05, 3.63) is 59.9 Å². The monoisotopic (exact) mass is 263 g/mol. The number of furan rings is 1. The van der Waals surface area contributed by atoms with Crippen LogP contribution in [0.3, 0.4) is 0 Å². The van der Waals surface area contributed by atoms with E-state index in [2.05, 4.69) is 11.4 Å². The van der Waals surface area contributed by atoms with E-state index in [-0.39, 0.29) is 0 Å². The highest BCUT2D eigenvalue weighted by atomic mass is 16.3. The summed E-state index contributed by atoms with van der Waals surface area (Å²) in [6.07, 6.45) is 1.75. The van der Waals surface area contributed by atoms with Gasteiger partial charge >= 0.3 is 0 Å². The number of fused-ring (bicyclic) bond motifs is 1. The van der Waals surface area contributed by atoms with Gasteiger partial charge in [-0.15, -0.1) is 0 Å². The molecular weight excluding hydrogens is 250 g/mol. The lowest BCUT2D eigenvalue weighted by Crippen LogP contribution is -2.02. The average molecular weight is 263 g/mol. The third-order valence-electron chi connectivity index (χ3n) is 3.21. The highest BCUT2D eigenvalue weighted by Crippen LogP contribution is 2.24. The van der Waals surface area contributed by atoms with Crippen molar-refractivity contribution in [2.24, 2.45) is 0 Å². The van der Waals surface area contributed by atoms with Crippen LogP contribution >= 0.6 is 0 Å². The van der Waals surface area contributed by atoms with Crippen LogP contribution in [0.5, 0.6) is 0 Å². The molecule has 0 bridgehead atoms. The fourth-order valence-electron chi connectivity index (χ4n) is 2.15. The van der Waals surface area contributed by atoms with Crippen molar-refractivity contribution in [1.29, 1.82) is 5.26 Å². The van der Waals surface area contributed by atoms with Crippen molar-refractivity contribution in [3.63, 3.8) is 0 Å². The Morgan fingerprint density at radius 1 is 1.20 bits per heavy atom. The van der Waals surface area contributed by atoms with E-state index >= 15 is 0 Å². The zero-order valence-corrected chi connectivity index (χ0v) is 10.8. The summed E-state index contributed by atoms with van der Waals surface area (Å²) in [4.78, 5) is 0. The Hall–Kier alpha value is -2.93. The Morgan fingerprint density at radius 3 is 2.85 bits per heavy atom. The Morgan fingerprint density at radius 2 is 2.05 bits per heavy atom. The first-order valence-electron chi connectivity index (χ1n) is 6.26. The van der Waals surface area contributed by atoms with Crippen molar-refractivity contribution in [2.75, 3.05) is 11.1 Å². The van der Waals surface area contributed by atoms with Gasteiger partial charge in [-0.05, 0) is 24.3 Å². The van der Waals surface area contributed by atoms with Crippen LogP contribution in [0.4, 0.5) is 11.4 Å². The third kappa shape index (κ3) is 2.17. The quantitative estimate of drug-likeness (QED) is 0.709. The second-order valence-electron chi connectivity index (χ2n) is 4.52. The molecule has 0 spiro atoms. The van der Waals surface area contributed by atoms with E-state index in [1.54, 1.807) is 18.4 Å². The topological polar surface area (TPSA) is 75.0 Å². The Labute approximate surface area is 116 Å². The maximum absolute atomic E-state index is 8.81. The average Bonchev–Trinajstić information content (AvgIpc) is 2.89. The molecule has 1 aromatic heterocycles. The summed E-state index contributed by atoms with van der Waals surface area (Å²) in [6.45, 7) is 0.618. The molecule has 0 unspecified atom stereocenters. The molecule has 0 fully saturated rings. The lowest BCUT2D eigenvalue weighted by atomic mass is 10.1. The van der Waals surface area contributed by atoms with Gasteiger partial charge in [-0.3, -0.25) is 0 Å². The van der Waals surface area contributed by atoms with E-state index in [1.165, 1.54) is 0 Å². The van der Waals surface area contributed by atoms with Crippen LogP contribution in [-0.2, 0) is 6.54 Å². The standard InChI is InChI=1S/C16H13N3O/c17-8-11-5-6-15(14(18)7-11)19-9-12-10-20-16-4-2-1-3-13(12)16/h1-7,10,19H,9,18H2. The molecule has 0 aliphatic rings. The second kappa shape index (κ2) is 4.98. The summed E-state index contributed by atoms with van der Waals surface area (Å²) in [5.74, 6) is 0. The molecule has 2 aromatic carbocycles. The van der Waals surface area contributed by atoms with Crippen molar-refractivity contribution < 1.29 is 4.42 Å². The first kappa shape index (κ1) is 12.1. The fraction of sp³-hybridized carbons (Fsp3) is 0.0625. The minimum atomic E-state index is 0.557. The highest BCUT2D eigenvalue weighted by molar-refractivity contribution is 5.81. The predicted molar refractivity (Wildman–Crippen MR) is 79.1 cm³/mol. The summed E-state index contributed by atoms with van der Waals surface area (Å²) >= 11 is 0. The summed E-state index contributed by atoms with van der Waals surface area (Å²) in [5, 5.41) is 13.2. The maximum atomic E-state index is 8.81. The van der Waals surface area contributed by atoms with Crippen LogP contribution in [-0.4, -0.2) is 0 Å². The second-order valence-corrected chi connectivity index (χ2v) is 4.52. The first-order chi connectivity index (χ1) is 9.78. The normalized spacial score (nSPS) is 10.3. The fourth-order valence-corrected chi connectivity index (χ4v) is 2.15. The van der Waals surface area contributed by atoms with Crippen LogP contribution in [0.25, 0.3) is 11.0 Å². The number of para-hydroxylation sites is 1. The van der Waals surface area contributed by atoms with E-state index in [0.29, 0.717) is 17.8 Å². The molecule has 0 atom stereocenters. The summed E-state index contributed by atoms with van der Waals surface area (Å²) in [5.41, 5.74) is 9.80. The van der Waals surface area contributed by atoms with Gasteiger partial charge in [-0.25, -0.2) is 0 Å². The SMILES string of the molecule is N#Cc1ccc(NCc2coc3ccccc23)c(N)c1. The van der Waals surface area contributed by atoms with E-state index in [9.17, 15) is 0 Å². The molecule has 20 heavy (non-hydrogen) atoms. The minimum Gasteiger partial charge on any atom is -0.464 e. The number of rotatable bonds is 3. The van der Waals surface area contributed by atoms with Gasteiger partial charge in [-0.1, -0.05) is 18.2 Å². The molecule has 0 radical (unpaired) electrons. The number of benzene rings is 2. The maximum Gasteiger partial charge on any atom is 0.134 e. The van der Waals surface area contributed by atoms with Gasteiger partial charge < -0.3 is 15.5 Å². The smallest absolute Gasteiger partial charge is 0.134 e. The van der Waals surface area contributed by atoms with Gasteiger partial charge in [0, 0.05) is 17.5 Å². The number of nitrogens with one attached hydrogen (secondary N) is 1. The van der Waals surface area contributed by atoms with Gasteiger partial charge in [0.05, 0.1) is 29.3 Å². The highest BCUT2D eigenvalue weighted by Gasteiger charge is 2.06. The molecule has 0 aliphatic heterocycles. The molecular formula is C16H13N3O. The van der Waals surface area contributed by atoms with Crippen LogP contribution in [0.2, 0.25) is 0 Å². The van der Waals surface area contributed by atoms with Gasteiger partial charge in [-0.2, -0.15) is 5.26 Å².